The Hall–Kier alpha value is -1.03. The van der Waals surface area contributed by atoms with Crippen molar-refractivity contribution in [2.75, 3.05) is 14.2 Å². The lowest BCUT2D eigenvalue weighted by Gasteiger charge is -2.17. The van der Waals surface area contributed by atoms with Crippen LogP contribution in [0, 0.1) is 0 Å². The average Bonchev–Trinajstić information content (AvgIpc) is 2.27. The van der Waals surface area contributed by atoms with Gasteiger partial charge in [0.05, 0.1) is 7.11 Å². The predicted molar refractivity (Wildman–Crippen MR) is 36.6 cm³/mol. The summed E-state index contributed by atoms with van der Waals surface area (Å²) in [7, 11) is 2.87. The molecule has 0 N–H and O–H groups in total. The number of esters is 1. The van der Waals surface area contributed by atoms with Crippen LogP contribution < -0.4 is 0 Å². The molecule has 62 valence electrons. The molecule has 0 amide bonds. The van der Waals surface area contributed by atoms with E-state index < -0.39 is 11.8 Å². The van der Waals surface area contributed by atoms with E-state index >= 15 is 0 Å². The maximum absolute atomic E-state index is 10.9. The first-order valence-corrected chi connectivity index (χ1v) is 3.16. The summed E-state index contributed by atoms with van der Waals surface area (Å²) in [5.74, 6) is -1.26. The molecule has 11 heavy (non-hydrogen) atoms. The molecule has 0 saturated heterocycles. The van der Waals surface area contributed by atoms with E-state index in [9.17, 15) is 4.79 Å². The van der Waals surface area contributed by atoms with Crippen molar-refractivity contribution in [3.8, 4) is 0 Å². The zero-order valence-corrected chi connectivity index (χ0v) is 6.71. The second-order valence-corrected chi connectivity index (χ2v) is 2.32. The van der Waals surface area contributed by atoms with Crippen LogP contribution in [0.25, 0.3) is 0 Å². The molecule has 0 saturated carbocycles. The Morgan fingerprint density at radius 2 is 2.18 bits per heavy atom. The van der Waals surface area contributed by atoms with E-state index in [1.807, 2.05) is 0 Å². The van der Waals surface area contributed by atoms with Crippen LogP contribution in [0.15, 0.2) is 11.8 Å². The molecule has 4 heteroatoms. The number of hydrogen-bond donors (Lipinski definition) is 0. The molecule has 1 atom stereocenters. The van der Waals surface area contributed by atoms with Crippen molar-refractivity contribution in [3.05, 3.63) is 11.8 Å². The van der Waals surface area contributed by atoms with E-state index in [-0.39, 0.29) is 5.76 Å². The number of rotatable bonds is 2. The van der Waals surface area contributed by atoms with E-state index in [1.54, 1.807) is 6.92 Å². The molecule has 1 heterocycles. The van der Waals surface area contributed by atoms with Crippen molar-refractivity contribution < 1.29 is 19.0 Å². The predicted octanol–water partition coefficient (Wildman–Crippen LogP) is 0.436. The first kappa shape index (κ1) is 8.07. The van der Waals surface area contributed by atoms with Crippen molar-refractivity contribution in [2.45, 2.75) is 12.7 Å². The van der Waals surface area contributed by atoms with Crippen LogP contribution >= 0.6 is 0 Å². The van der Waals surface area contributed by atoms with Gasteiger partial charge in [0.2, 0.25) is 11.5 Å². The van der Waals surface area contributed by atoms with Gasteiger partial charge >= 0.3 is 5.97 Å². The minimum absolute atomic E-state index is 0.189. The summed E-state index contributed by atoms with van der Waals surface area (Å²) in [5, 5.41) is 0. The number of cyclic esters (lactones) is 1. The van der Waals surface area contributed by atoms with Gasteiger partial charge < -0.3 is 14.2 Å². The van der Waals surface area contributed by atoms with E-state index in [4.69, 9.17) is 14.2 Å². The molecule has 1 unspecified atom stereocenters. The summed E-state index contributed by atoms with van der Waals surface area (Å²) in [4.78, 5) is 10.9. The molecule has 0 fully saturated rings. The zero-order valence-electron chi connectivity index (χ0n) is 6.71. The second kappa shape index (κ2) is 2.54. The average molecular weight is 158 g/mol. The SMILES string of the molecule is COC1=CC(C)(OC)OC1=O. The van der Waals surface area contributed by atoms with Gasteiger partial charge in [-0.2, -0.15) is 0 Å². The Kier molecular flexibility index (Phi) is 1.87. The molecule has 0 spiro atoms. The van der Waals surface area contributed by atoms with Gasteiger partial charge in [-0.15, -0.1) is 0 Å². The standard InChI is InChI=1S/C7H10O4/c1-7(10-3)4-5(9-2)6(8)11-7/h4H,1-3H3. The highest BCUT2D eigenvalue weighted by Crippen LogP contribution is 2.24. The Balaban J connectivity index is 2.82. The summed E-state index contributed by atoms with van der Waals surface area (Å²) in [5.41, 5.74) is 0. The monoisotopic (exact) mass is 158 g/mol. The molecule has 1 aliphatic heterocycles. The van der Waals surface area contributed by atoms with Crippen LogP contribution in [0.2, 0.25) is 0 Å². The number of ether oxygens (including phenoxy) is 3. The quantitative estimate of drug-likeness (QED) is 0.547. The van der Waals surface area contributed by atoms with Gasteiger partial charge in [0.1, 0.15) is 0 Å². The van der Waals surface area contributed by atoms with Crippen molar-refractivity contribution in [1.82, 2.24) is 0 Å². The molecule has 1 rings (SSSR count). The molecular weight excluding hydrogens is 148 g/mol. The highest BCUT2D eigenvalue weighted by molar-refractivity contribution is 5.89. The van der Waals surface area contributed by atoms with Crippen molar-refractivity contribution >= 4 is 5.97 Å². The number of carbonyl (C=O) groups is 1. The maximum Gasteiger partial charge on any atom is 0.376 e. The fourth-order valence-electron chi connectivity index (χ4n) is 0.804. The van der Waals surface area contributed by atoms with E-state index in [0.717, 1.165) is 0 Å². The molecule has 1 aliphatic rings. The Morgan fingerprint density at radius 1 is 1.55 bits per heavy atom. The Labute approximate surface area is 64.7 Å². The lowest BCUT2D eigenvalue weighted by molar-refractivity contribution is -0.183. The smallest absolute Gasteiger partial charge is 0.376 e. The first-order valence-electron chi connectivity index (χ1n) is 3.16. The number of hydrogen-bond acceptors (Lipinski definition) is 4. The van der Waals surface area contributed by atoms with Crippen LogP contribution in [0.4, 0.5) is 0 Å². The van der Waals surface area contributed by atoms with Gasteiger partial charge in [-0.3, -0.25) is 0 Å². The van der Waals surface area contributed by atoms with Gasteiger partial charge in [0.25, 0.3) is 0 Å². The summed E-state index contributed by atoms with van der Waals surface area (Å²) >= 11 is 0. The lowest BCUT2D eigenvalue weighted by atomic mass is 10.3. The molecule has 4 nitrogen and oxygen atoms in total. The molecule has 0 bridgehead atoms. The van der Waals surface area contributed by atoms with Crippen LogP contribution in [-0.2, 0) is 19.0 Å². The fraction of sp³-hybridized carbons (Fsp3) is 0.571. The summed E-state index contributed by atoms with van der Waals surface area (Å²) in [6, 6.07) is 0. The summed E-state index contributed by atoms with van der Waals surface area (Å²) < 4.78 is 14.5. The molecule has 0 radical (unpaired) electrons. The minimum Gasteiger partial charge on any atom is -0.490 e. The maximum atomic E-state index is 10.9. The fourth-order valence-corrected chi connectivity index (χ4v) is 0.804. The lowest BCUT2D eigenvalue weighted by Crippen LogP contribution is -2.25. The molecule has 0 aromatic rings. The van der Waals surface area contributed by atoms with Crippen LogP contribution in [-0.4, -0.2) is 26.0 Å². The Morgan fingerprint density at radius 3 is 2.45 bits per heavy atom. The van der Waals surface area contributed by atoms with E-state index in [0.29, 0.717) is 0 Å². The normalized spacial score (nSPS) is 29.7. The summed E-state index contributed by atoms with van der Waals surface area (Å²) in [6.45, 7) is 1.64. The third kappa shape index (κ3) is 1.35. The van der Waals surface area contributed by atoms with Crippen molar-refractivity contribution in [2.24, 2.45) is 0 Å². The van der Waals surface area contributed by atoms with Gasteiger partial charge in [-0.25, -0.2) is 4.79 Å². The molecule has 0 aliphatic carbocycles. The van der Waals surface area contributed by atoms with Gasteiger partial charge in [-0.05, 0) is 0 Å². The topological polar surface area (TPSA) is 44.8 Å². The third-order valence-electron chi connectivity index (χ3n) is 1.52. The molecular formula is C7H10O4. The second-order valence-electron chi connectivity index (χ2n) is 2.32. The zero-order chi connectivity index (χ0) is 8.48. The molecule has 0 aromatic carbocycles. The minimum atomic E-state index is -0.956. The van der Waals surface area contributed by atoms with Gasteiger partial charge in [-0.1, -0.05) is 0 Å². The number of carbonyl (C=O) groups excluding carboxylic acids is 1. The first-order chi connectivity index (χ1) is 5.11. The van der Waals surface area contributed by atoms with Crippen LogP contribution in [0.1, 0.15) is 6.92 Å². The van der Waals surface area contributed by atoms with Gasteiger partial charge in [0, 0.05) is 20.1 Å². The molecule has 0 aromatic heterocycles. The highest BCUT2D eigenvalue weighted by atomic mass is 16.7. The largest absolute Gasteiger partial charge is 0.490 e. The highest BCUT2D eigenvalue weighted by Gasteiger charge is 2.36. The van der Waals surface area contributed by atoms with Crippen LogP contribution in [0.3, 0.4) is 0 Å². The van der Waals surface area contributed by atoms with Gasteiger partial charge in [0.15, 0.2) is 0 Å². The third-order valence-corrected chi connectivity index (χ3v) is 1.52. The Bertz CT molecular complexity index is 208. The van der Waals surface area contributed by atoms with Crippen molar-refractivity contribution in [1.29, 1.82) is 0 Å². The van der Waals surface area contributed by atoms with Crippen molar-refractivity contribution in [3.63, 3.8) is 0 Å². The van der Waals surface area contributed by atoms with E-state index in [2.05, 4.69) is 0 Å². The van der Waals surface area contributed by atoms with E-state index in [1.165, 1.54) is 20.3 Å². The van der Waals surface area contributed by atoms with Crippen LogP contribution in [0.5, 0.6) is 0 Å². The summed E-state index contributed by atoms with van der Waals surface area (Å²) in [6.07, 6.45) is 1.50. The number of methoxy groups -OCH3 is 2.